The van der Waals surface area contributed by atoms with Crippen LogP contribution in [0.5, 0.6) is 0 Å². The topological polar surface area (TPSA) is 114 Å². The van der Waals surface area contributed by atoms with E-state index in [2.05, 4.69) is 10.6 Å². The van der Waals surface area contributed by atoms with Gasteiger partial charge in [-0.2, -0.15) is 0 Å². The van der Waals surface area contributed by atoms with E-state index >= 15 is 0 Å². The van der Waals surface area contributed by atoms with Gasteiger partial charge in [0.15, 0.2) is 0 Å². The van der Waals surface area contributed by atoms with Crippen LogP contribution in [0.25, 0.3) is 0 Å². The Labute approximate surface area is 285 Å². The van der Waals surface area contributed by atoms with Crippen molar-refractivity contribution in [3.63, 3.8) is 0 Å². The fraction of sp³-hybridized carbons (Fsp3) is 0.436. The van der Waals surface area contributed by atoms with Crippen LogP contribution in [0.2, 0.25) is 0 Å². The van der Waals surface area contributed by atoms with E-state index in [1.54, 1.807) is 20.8 Å². The molecule has 1 unspecified atom stereocenters. The van der Waals surface area contributed by atoms with E-state index in [0.717, 1.165) is 16.7 Å². The summed E-state index contributed by atoms with van der Waals surface area (Å²) in [6.07, 6.45) is -0.107. The predicted octanol–water partition coefficient (Wildman–Crippen LogP) is 6.20. The van der Waals surface area contributed by atoms with Crippen LogP contribution in [0.4, 0.5) is 4.79 Å². The normalized spacial score (nSPS) is 12.8. The lowest BCUT2D eigenvalue weighted by Gasteiger charge is -2.34. The van der Waals surface area contributed by atoms with Crippen LogP contribution in [0.1, 0.15) is 71.6 Å². The molecule has 0 aliphatic heterocycles. The van der Waals surface area contributed by atoms with E-state index in [4.69, 9.17) is 9.47 Å². The lowest BCUT2D eigenvalue weighted by molar-refractivity contribution is -0.149. The zero-order valence-electron chi connectivity index (χ0n) is 29.3. The highest BCUT2D eigenvalue weighted by Gasteiger charge is 2.33. The van der Waals surface area contributed by atoms with Crippen LogP contribution >= 0.6 is 0 Å². The number of esters is 1. The Bertz CT molecular complexity index is 1470. The molecule has 0 saturated carbocycles. The van der Waals surface area contributed by atoms with Crippen molar-refractivity contribution in [3.8, 4) is 0 Å². The third kappa shape index (κ3) is 12.9. The average molecular weight is 658 g/mol. The summed E-state index contributed by atoms with van der Waals surface area (Å²) < 4.78 is 11.3. The Kier molecular flexibility index (Phi) is 13.8. The molecule has 0 fully saturated rings. The summed E-state index contributed by atoms with van der Waals surface area (Å²) in [4.78, 5) is 55.5. The van der Waals surface area contributed by atoms with Crippen molar-refractivity contribution in [2.75, 3.05) is 13.1 Å². The van der Waals surface area contributed by atoms with Crippen LogP contribution in [0.15, 0.2) is 91.0 Å². The third-order valence-corrected chi connectivity index (χ3v) is 7.59. The maximum Gasteiger partial charge on any atom is 0.410 e. The molecule has 48 heavy (non-hydrogen) atoms. The first-order chi connectivity index (χ1) is 22.6. The van der Waals surface area contributed by atoms with Gasteiger partial charge in [0, 0.05) is 18.4 Å². The molecule has 0 heterocycles. The molecule has 0 aromatic heterocycles. The summed E-state index contributed by atoms with van der Waals surface area (Å²) in [5.74, 6) is -1.53. The predicted molar refractivity (Wildman–Crippen MR) is 187 cm³/mol. The highest BCUT2D eigenvalue weighted by molar-refractivity contribution is 5.92. The van der Waals surface area contributed by atoms with E-state index in [9.17, 15) is 19.2 Å². The van der Waals surface area contributed by atoms with Crippen molar-refractivity contribution < 1.29 is 28.7 Å². The summed E-state index contributed by atoms with van der Waals surface area (Å²) in [7, 11) is 0. The maximum absolute atomic E-state index is 13.8. The Morgan fingerprint density at radius 1 is 0.729 bits per heavy atom. The molecule has 0 aliphatic carbocycles. The quantitative estimate of drug-likeness (QED) is 0.188. The number of rotatable bonds is 15. The highest BCUT2D eigenvalue weighted by Crippen LogP contribution is 2.25. The highest BCUT2D eigenvalue weighted by atomic mass is 16.6. The van der Waals surface area contributed by atoms with Crippen molar-refractivity contribution in [3.05, 3.63) is 108 Å². The number of nitrogens with zero attached hydrogens (tertiary/aromatic N) is 1. The van der Waals surface area contributed by atoms with Crippen LogP contribution in [0.3, 0.4) is 0 Å². The van der Waals surface area contributed by atoms with Crippen LogP contribution in [0, 0.1) is 5.92 Å². The minimum atomic E-state index is -1.03. The zero-order chi connectivity index (χ0) is 35.3. The van der Waals surface area contributed by atoms with Crippen molar-refractivity contribution in [2.24, 2.45) is 5.92 Å². The van der Waals surface area contributed by atoms with E-state index in [1.165, 1.54) is 4.90 Å². The van der Waals surface area contributed by atoms with Gasteiger partial charge in [-0.3, -0.25) is 14.5 Å². The molecule has 3 rings (SSSR count). The van der Waals surface area contributed by atoms with Gasteiger partial charge in [-0.15, -0.1) is 0 Å². The van der Waals surface area contributed by atoms with Crippen molar-refractivity contribution >= 4 is 23.9 Å². The largest absolute Gasteiger partial charge is 0.459 e. The first kappa shape index (κ1) is 37.8. The van der Waals surface area contributed by atoms with Crippen molar-refractivity contribution in [1.29, 1.82) is 0 Å². The van der Waals surface area contributed by atoms with E-state index in [1.807, 2.05) is 119 Å². The first-order valence-electron chi connectivity index (χ1n) is 16.5. The molecular formula is C39H51N3O6. The molecular weight excluding hydrogens is 606 g/mol. The molecule has 3 amide bonds. The van der Waals surface area contributed by atoms with Gasteiger partial charge in [-0.1, -0.05) is 119 Å². The van der Waals surface area contributed by atoms with Gasteiger partial charge >= 0.3 is 12.1 Å². The molecule has 3 aromatic rings. The molecule has 2 atom stereocenters. The van der Waals surface area contributed by atoms with E-state index < -0.39 is 47.0 Å². The number of carbonyl (C=O) groups excluding carboxylic acids is 4. The number of carbonyl (C=O) groups is 4. The SMILES string of the molecule is CC(C)C[C@@H](NC(=O)C(Cc1ccccc1)NC(=O)CN(CC(C)(C)c1ccccc1)C(=O)OC(C)(C)C)C(=O)OCc1ccccc1. The van der Waals surface area contributed by atoms with Crippen LogP contribution < -0.4 is 10.6 Å². The summed E-state index contributed by atoms with van der Waals surface area (Å²) in [5, 5.41) is 5.69. The van der Waals surface area contributed by atoms with Gasteiger partial charge in [0.05, 0.1) is 0 Å². The maximum atomic E-state index is 13.8. The molecule has 0 radical (unpaired) electrons. The summed E-state index contributed by atoms with van der Waals surface area (Å²) in [5.41, 5.74) is 1.36. The number of ether oxygens (including phenoxy) is 2. The molecule has 0 aliphatic rings. The third-order valence-electron chi connectivity index (χ3n) is 7.59. The molecule has 2 N–H and O–H groups in total. The Hall–Kier alpha value is -4.66. The minimum absolute atomic E-state index is 0.0775. The van der Waals surface area contributed by atoms with Gasteiger partial charge in [0.25, 0.3) is 0 Å². The number of benzene rings is 3. The number of hydrogen-bond acceptors (Lipinski definition) is 6. The fourth-order valence-electron chi connectivity index (χ4n) is 5.23. The smallest absolute Gasteiger partial charge is 0.410 e. The van der Waals surface area contributed by atoms with Gasteiger partial charge < -0.3 is 20.1 Å². The minimum Gasteiger partial charge on any atom is -0.459 e. The molecule has 0 saturated heterocycles. The van der Waals surface area contributed by atoms with Crippen LogP contribution in [-0.4, -0.2) is 59.6 Å². The Morgan fingerprint density at radius 2 is 1.27 bits per heavy atom. The zero-order valence-corrected chi connectivity index (χ0v) is 29.3. The second-order valence-corrected chi connectivity index (χ2v) is 14.2. The number of nitrogens with one attached hydrogen (secondary N) is 2. The van der Waals surface area contributed by atoms with Gasteiger partial charge in [-0.05, 0) is 49.8 Å². The lowest BCUT2D eigenvalue weighted by Crippen LogP contribution is -2.55. The van der Waals surface area contributed by atoms with Crippen LogP contribution in [-0.2, 0) is 42.3 Å². The molecule has 258 valence electrons. The Morgan fingerprint density at radius 3 is 1.81 bits per heavy atom. The fourth-order valence-corrected chi connectivity index (χ4v) is 5.23. The van der Waals surface area contributed by atoms with Crippen molar-refractivity contribution in [2.45, 2.75) is 91.0 Å². The number of amides is 3. The summed E-state index contributed by atoms with van der Waals surface area (Å²) in [6.45, 7) is 13.1. The summed E-state index contributed by atoms with van der Waals surface area (Å²) in [6, 6.07) is 26.4. The van der Waals surface area contributed by atoms with Crippen molar-refractivity contribution in [1.82, 2.24) is 15.5 Å². The van der Waals surface area contributed by atoms with E-state index in [0.29, 0.717) is 6.42 Å². The molecule has 0 spiro atoms. The van der Waals surface area contributed by atoms with Gasteiger partial charge in [0.2, 0.25) is 11.8 Å². The molecule has 9 heteroatoms. The van der Waals surface area contributed by atoms with E-state index in [-0.39, 0.29) is 32.0 Å². The molecule has 3 aromatic carbocycles. The second-order valence-electron chi connectivity index (χ2n) is 14.2. The van der Waals surface area contributed by atoms with Gasteiger partial charge in [-0.25, -0.2) is 9.59 Å². The standard InChI is InChI=1S/C39H51N3O6/c1-28(2)23-33(36(45)47-26-30-19-13-9-14-20-30)41-35(44)32(24-29-17-11-8-12-18-29)40-34(43)25-42(37(46)48-38(3,4)5)27-39(6,7)31-21-15-10-16-22-31/h8-22,28,32-33H,23-27H2,1-7H3,(H,40,43)(H,41,44)/t32?,33-/m1/s1. The average Bonchev–Trinajstić information content (AvgIpc) is 3.03. The Balaban J connectivity index is 1.81. The second kappa shape index (κ2) is 17.5. The first-order valence-corrected chi connectivity index (χ1v) is 16.5. The molecule has 0 bridgehead atoms. The number of hydrogen-bond donors (Lipinski definition) is 2. The summed E-state index contributed by atoms with van der Waals surface area (Å²) >= 11 is 0. The lowest BCUT2D eigenvalue weighted by atomic mass is 9.84. The monoisotopic (exact) mass is 657 g/mol. The molecule has 9 nitrogen and oxygen atoms in total. The van der Waals surface area contributed by atoms with Gasteiger partial charge in [0.1, 0.15) is 30.8 Å².